The number of nitrogens with one attached hydrogen (secondary N) is 2. The van der Waals surface area contributed by atoms with Crippen molar-refractivity contribution in [2.75, 3.05) is 10.6 Å². The molecule has 0 saturated carbocycles. The molecule has 0 bridgehead atoms. The molecule has 0 aliphatic carbocycles. The van der Waals surface area contributed by atoms with Crippen LogP contribution in [0.2, 0.25) is 0 Å². The van der Waals surface area contributed by atoms with E-state index in [1.165, 1.54) is 24.5 Å². The molecule has 4 nitrogen and oxygen atoms in total. The average molecular weight is 339 g/mol. The Hall–Kier alpha value is -3.28. The number of carbonyl (C=O) groups excluding carboxylic acids is 1. The van der Waals surface area contributed by atoms with Crippen molar-refractivity contribution in [2.24, 2.45) is 0 Å². The lowest BCUT2D eigenvalue weighted by Crippen LogP contribution is -2.12. The van der Waals surface area contributed by atoms with Crippen molar-refractivity contribution >= 4 is 23.0 Å². The Labute approximate surface area is 143 Å². The van der Waals surface area contributed by atoms with Crippen LogP contribution in [0.25, 0.3) is 0 Å². The van der Waals surface area contributed by atoms with Crippen LogP contribution in [0, 0.1) is 18.6 Å². The maximum atomic E-state index is 13.7. The smallest absolute Gasteiger partial charge is 0.257 e. The number of pyridine rings is 1. The van der Waals surface area contributed by atoms with Crippen molar-refractivity contribution in [3.8, 4) is 0 Å². The lowest BCUT2D eigenvalue weighted by Gasteiger charge is -2.10. The Morgan fingerprint density at radius 3 is 2.32 bits per heavy atom. The number of aromatic nitrogens is 1. The molecule has 0 aliphatic heterocycles. The average Bonchev–Trinajstić information content (AvgIpc) is 2.60. The van der Waals surface area contributed by atoms with Gasteiger partial charge in [-0.25, -0.2) is 8.78 Å². The maximum absolute atomic E-state index is 13.7. The minimum atomic E-state index is -0.727. The Kier molecular flexibility index (Phi) is 4.70. The van der Waals surface area contributed by atoms with Crippen LogP contribution < -0.4 is 10.6 Å². The normalized spacial score (nSPS) is 10.4. The quantitative estimate of drug-likeness (QED) is 0.727. The molecule has 0 fully saturated rings. The number of rotatable bonds is 4. The van der Waals surface area contributed by atoms with Gasteiger partial charge in [0.05, 0.1) is 17.4 Å². The minimum Gasteiger partial charge on any atom is -0.349 e. The molecule has 0 spiro atoms. The summed E-state index contributed by atoms with van der Waals surface area (Å²) >= 11 is 0. The Morgan fingerprint density at radius 2 is 1.64 bits per heavy atom. The van der Waals surface area contributed by atoms with E-state index < -0.39 is 11.6 Å². The largest absolute Gasteiger partial charge is 0.349 e. The van der Waals surface area contributed by atoms with E-state index >= 15 is 0 Å². The van der Waals surface area contributed by atoms with Crippen LogP contribution >= 0.6 is 0 Å². The van der Waals surface area contributed by atoms with Gasteiger partial charge < -0.3 is 10.6 Å². The first kappa shape index (κ1) is 16.6. The van der Waals surface area contributed by atoms with E-state index in [1.54, 1.807) is 12.1 Å². The molecule has 2 aromatic carbocycles. The van der Waals surface area contributed by atoms with Crippen LogP contribution in [0.3, 0.4) is 0 Å². The summed E-state index contributed by atoms with van der Waals surface area (Å²) in [6, 6.07) is 12.4. The van der Waals surface area contributed by atoms with Crippen molar-refractivity contribution < 1.29 is 13.6 Å². The van der Waals surface area contributed by atoms with Gasteiger partial charge in [-0.2, -0.15) is 0 Å². The SMILES string of the molecule is Cc1ccc(NC(=O)c2cncc(Nc3c(F)cccc3F)c2)cc1. The van der Waals surface area contributed by atoms with Gasteiger partial charge in [-0.05, 0) is 37.3 Å². The van der Waals surface area contributed by atoms with Gasteiger partial charge in [0.15, 0.2) is 0 Å². The van der Waals surface area contributed by atoms with Crippen LogP contribution in [0.4, 0.5) is 25.8 Å². The van der Waals surface area contributed by atoms with Crippen LogP contribution in [-0.2, 0) is 0 Å². The molecule has 2 N–H and O–H groups in total. The van der Waals surface area contributed by atoms with Gasteiger partial charge in [-0.1, -0.05) is 23.8 Å². The summed E-state index contributed by atoms with van der Waals surface area (Å²) in [7, 11) is 0. The van der Waals surface area contributed by atoms with Crippen molar-refractivity contribution in [3.05, 3.63) is 83.7 Å². The zero-order chi connectivity index (χ0) is 17.8. The molecule has 126 valence electrons. The molecule has 1 amide bonds. The standard InChI is InChI=1S/C19H15F2N3O/c1-12-5-7-14(8-6-12)24-19(25)13-9-15(11-22-10-13)23-18-16(20)3-2-4-17(18)21/h2-11,23H,1H3,(H,24,25). The fourth-order valence-corrected chi connectivity index (χ4v) is 2.23. The maximum Gasteiger partial charge on any atom is 0.257 e. The summed E-state index contributed by atoms with van der Waals surface area (Å²) in [4.78, 5) is 16.3. The fraction of sp³-hybridized carbons (Fsp3) is 0.0526. The molecule has 0 atom stereocenters. The van der Waals surface area contributed by atoms with Crippen molar-refractivity contribution in [3.63, 3.8) is 0 Å². The van der Waals surface area contributed by atoms with E-state index in [-0.39, 0.29) is 17.2 Å². The highest BCUT2D eigenvalue weighted by Gasteiger charge is 2.11. The van der Waals surface area contributed by atoms with Crippen LogP contribution in [-0.4, -0.2) is 10.9 Å². The van der Waals surface area contributed by atoms with Gasteiger partial charge in [0.2, 0.25) is 0 Å². The molecule has 25 heavy (non-hydrogen) atoms. The summed E-state index contributed by atoms with van der Waals surface area (Å²) in [6.45, 7) is 1.95. The molecular formula is C19H15F2N3O. The van der Waals surface area contributed by atoms with Crippen molar-refractivity contribution in [1.82, 2.24) is 4.98 Å². The van der Waals surface area contributed by atoms with E-state index in [2.05, 4.69) is 15.6 Å². The highest BCUT2D eigenvalue weighted by molar-refractivity contribution is 6.04. The Balaban J connectivity index is 1.79. The summed E-state index contributed by atoms with van der Waals surface area (Å²) in [6.07, 6.45) is 2.76. The Morgan fingerprint density at radius 1 is 0.960 bits per heavy atom. The fourth-order valence-electron chi connectivity index (χ4n) is 2.23. The molecule has 3 rings (SSSR count). The second kappa shape index (κ2) is 7.09. The van der Waals surface area contributed by atoms with Gasteiger partial charge >= 0.3 is 0 Å². The minimum absolute atomic E-state index is 0.266. The molecule has 0 saturated heterocycles. The highest BCUT2D eigenvalue weighted by atomic mass is 19.1. The number of carbonyl (C=O) groups is 1. The molecular weight excluding hydrogens is 324 g/mol. The molecule has 0 radical (unpaired) electrons. The second-order valence-corrected chi connectivity index (χ2v) is 5.50. The number of amides is 1. The second-order valence-electron chi connectivity index (χ2n) is 5.50. The van der Waals surface area contributed by atoms with Crippen LogP contribution in [0.15, 0.2) is 60.9 Å². The summed E-state index contributed by atoms with van der Waals surface area (Å²) in [5.41, 5.74) is 2.01. The molecule has 0 unspecified atom stereocenters. The predicted octanol–water partition coefficient (Wildman–Crippen LogP) is 4.66. The monoisotopic (exact) mass is 339 g/mol. The molecule has 0 aliphatic rings. The third kappa shape index (κ3) is 3.98. The number of hydrogen-bond donors (Lipinski definition) is 2. The third-order valence-corrected chi connectivity index (χ3v) is 3.54. The number of anilines is 3. The van der Waals surface area contributed by atoms with Crippen LogP contribution in [0.5, 0.6) is 0 Å². The number of nitrogens with zero attached hydrogens (tertiary/aromatic N) is 1. The van der Waals surface area contributed by atoms with Gasteiger partial charge in [0.25, 0.3) is 5.91 Å². The molecule has 3 aromatic rings. The molecule has 1 heterocycles. The zero-order valence-corrected chi connectivity index (χ0v) is 13.4. The number of para-hydroxylation sites is 1. The number of benzene rings is 2. The van der Waals surface area contributed by atoms with Gasteiger partial charge in [-0.3, -0.25) is 9.78 Å². The van der Waals surface area contributed by atoms with Crippen LogP contribution in [0.1, 0.15) is 15.9 Å². The number of hydrogen-bond acceptors (Lipinski definition) is 3. The summed E-state index contributed by atoms with van der Waals surface area (Å²) in [5.74, 6) is -1.82. The Bertz CT molecular complexity index is 891. The first-order chi connectivity index (χ1) is 12.0. The molecule has 1 aromatic heterocycles. The van der Waals surface area contributed by atoms with Gasteiger partial charge in [-0.15, -0.1) is 0 Å². The first-order valence-corrected chi connectivity index (χ1v) is 7.57. The van der Waals surface area contributed by atoms with Crippen molar-refractivity contribution in [1.29, 1.82) is 0 Å². The van der Waals surface area contributed by atoms with Crippen molar-refractivity contribution in [2.45, 2.75) is 6.92 Å². The summed E-state index contributed by atoms with van der Waals surface area (Å²) < 4.78 is 27.4. The highest BCUT2D eigenvalue weighted by Crippen LogP contribution is 2.23. The lowest BCUT2D eigenvalue weighted by atomic mass is 10.2. The topological polar surface area (TPSA) is 54.0 Å². The number of halogens is 2. The predicted molar refractivity (Wildman–Crippen MR) is 93.0 cm³/mol. The third-order valence-electron chi connectivity index (χ3n) is 3.54. The summed E-state index contributed by atoms with van der Waals surface area (Å²) in [5, 5.41) is 5.36. The zero-order valence-electron chi connectivity index (χ0n) is 13.4. The number of aryl methyl sites for hydroxylation is 1. The van der Waals surface area contributed by atoms with E-state index in [9.17, 15) is 13.6 Å². The van der Waals surface area contributed by atoms with E-state index in [0.29, 0.717) is 11.4 Å². The lowest BCUT2D eigenvalue weighted by molar-refractivity contribution is 0.102. The van der Waals surface area contributed by atoms with E-state index in [1.807, 2.05) is 19.1 Å². The van der Waals surface area contributed by atoms with Gasteiger partial charge in [0.1, 0.15) is 17.3 Å². The molecule has 6 heteroatoms. The first-order valence-electron chi connectivity index (χ1n) is 7.57. The van der Waals surface area contributed by atoms with E-state index in [4.69, 9.17) is 0 Å². The van der Waals surface area contributed by atoms with Gasteiger partial charge in [0, 0.05) is 11.9 Å². The van der Waals surface area contributed by atoms with E-state index in [0.717, 1.165) is 17.7 Å².